The van der Waals surface area contributed by atoms with Gasteiger partial charge >= 0.3 is 5.97 Å². The molecule has 0 bridgehead atoms. The van der Waals surface area contributed by atoms with Crippen molar-refractivity contribution in [2.24, 2.45) is 11.0 Å². The van der Waals surface area contributed by atoms with Crippen LogP contribution >= 0.6 is 0 Å². The first-order chi connectivity index (χ1) is 14.3. The lowest BCUT2D eigenvalue weighted by molar-refractivity contribution is -0.144. The molecule has 2 unspecified atom stereocenters. The topological polar surface area (TPSA) is 79.2 Å². The van der Waals surface area contributed by atoms with Gasteiger partial charge in [-0.15, -0.1) is 0 Å². The fraction of sp³-hybridized carbons (Fsp3) is 0.348. The average Bonchev–Trinajstić information content (AvgIpc) is 3.23. The summed E-state index contributed by atoms with van der Waals surface area (Å²) in [5, 5.41) is 15.5. The minimum atomic E-state index is -1.11. The number of Topliss-reactive ketones (excluding diaryl/α,β-unsaturated/α-hetero) is 1. The highest BCUT2D eigenvalue weighted by Crippen LogP contribution is 2.31. The van der Waals surface area contributed by atoms with Crippen molar-refractivity contribution in [1.29, 1.82) is 0 Å². The van der Waals surface area contributed by atoms with Gasteiger partial charge in [-0.1, -0.05) is 49.6 Å². The maximum Gasteiger partial charge on any atom is 0.344 e. The molecule has 0 aromatic heterocycles. The zero-order valence-electron chi connectivity index (χ0n) is 17.5. The van der Waals surface area contributed by atoms with E-state index in [1.807, 2.05) is 11.1 Å². The Morgan fingerprint density at radius 3 is 2.50 bits per heavy atom. The summed E-state index contributed by atoms with van der Waals surface area (Å²) in [5.41, 5.74) is 4.09. The molecular weight excluding hydrogens is 379 g/mol. The van der Waals surface area contributed by atoms with Gasteiger partial charge in [0.25, 0.3) is 0 Å². The van der Waals surface area contributed by atoms with Crippen molar-refractivity contribution in [2.75, 3.05) is 11.6 Å². The van der Waals surface area contributed by atoms with Crippen LogP contribution in [0, 0.1) is 5.92 Å². The lowest BCUT2D eigenvalue weighted by atomic mass is 9.90. The first-order valence-electron chi connectivity index (χ1n) is 10.1. The van der Waals surface area contributed by atoms with E-state index >= 15 is 0 Å². The van der Waals surface area contributed by atoms with E-state index in [0.29, 0.717) is 12.0 Å². The molecule has 0 amide bonds. The van der Waals surface area contributed by atoms with Crippen LogP contribution in [-0.4, -0.2) is 43.6 Å². The first kappa shape index (κ1) is 21.6. The summed E-state index contributed by atoms with van der Waals surface area (Å²) in [5.74, 6) is -1.58. The summed E-state index contributed by atoms with van der Waals surface area (Å²) < 4.78 is 5.49. The zero-order chi connectivity index (χ0) is 21.8. The van der Waals surface area contributed by atoms with Gasteiger partial charge in [0, 0.05) is 6.21 Å². The first-order valence-corrected chi connectivity index (χ1v) is 10.1. The Kier molecular flexibility index (Phi) is 6.60. The van der Waals surface area contributed by atoms with Crippen LogP contribution in [0.5, 0.6) is 5.75 Å². The van der Waals surface area contributed by atoms with E-state index < -0.39 is 18.0 Å². The SMILES string of the molecule is [B]c1ccc(OC(C)C(=O)O)c(C(=O)C2C=NN(c3c(CC)cccc3CC)C2)c1. The molecule has 0 spiro atoms. The number of carboxylic acid groups (broad SMARTS) is 1. The van der Waals surface area contributed by atoms with Gasteiger partial charge in [-0.05, 0) is 37.0 Å². The molecule has 30 heavy (non-hydrogen) atoms. The van der Waals surface area contributed by atoms with E-state index in [9.17, 15) is 9.59 Å². The monoisotopic (exact) mass is 404 g/mol. The Morgan fingerprint density at radius 2 is 1.90 bits per heavy atom. The molecule has 6 nitrogen and oxygen atoms in total. The van der Waals surface area contributed by atoms with Crippen molar-refractivity contribution in [3.8, 4) is 5.75 Å². The predicted octanol–water partition coefficient (Wildman–Crippen LogP) is 2.76. The summed E-state index contributed by atoms with van der Waals surface area (Å²) in [7, 11) is 5.88. The molecule has 0 saturated heterocycles. The highest BCUT2D eigenvalue weighted by atomic mass is 16.5. The van der Waals surface area contributed by atoms with E-state index in [1.54, 1.807) is 12.3 Å². The number of aryl methyl sites for hydroxylation is 2. The second-order valence-electron chi connectivity index (χ2n) is 7.30. The van der Waals surface area contributed by atoms with Gasteiger partial charge in [0.15, 0.2) is 11.9 Å². The molecule has 0 aliphatic carbocycles. The molecule has 1 heterocycles. The van der Waals surface area contributed by atoms with Crippen LogP contribution in [0.4, 0.5) is 5.69 Å². The highest BCUT2D eigenvalue weighted by molar-refractivity contribution is 6.33. The number of para-hydroxylation sites is 1. The molecule has 2 aromatic rings. The Balaban J connectivity index is 1.87. The van der Waals surface area contributed by atoms with E-state index in [4.69, 9.17) is 17.7 Å². The molecule has 0 fully saturated rings. The lowest BCUT2D eigenvalue weighted by Gasteiger charge is -2.22. The molecule has 2 atom stereocenters. The Labute approximate surface area is 178 Å². The van der Waals surface area contributed by atoms with Gasteiger partial charge in [0.2, 0.25) is 0 Å². The number of hydrazone groups is 1. The standard InChI is InChI=1S/C23H25BN2O4/c1-4-15-7-6-8-16(5-2)21(15)26-13-17(12-25-26)22(27)19-11-18(24)9-10-20(19)30-14(3)23(28)29/h6-12,14,17H,4-5,13H2,1-3H3,(H,28,29). The fourth-order valence-electron chi connectivity index (χ4n) is 3.57. The van der Waals surface area contributed by atoms with Crippen molar-refractivity contribution in [3.05, 3.63) is 53.1 Å². The zero-order valence-corrected chi connectivity index (χ0v) is 17.5. The molecule has 154 valence electrons. The van der Waals surface area contributed by atoms with Gasteiger partial charge in [0.1, 0.15) is 13.6 Å². The number of aliphatic carboxylic acids is 1. The van der Waals surface area contributed by atoms with Gasteiger partial charge < -0.3 is 9.84 Å². The minimum absolute atomic E-state index is 0.201. The summed E-state index contributed by atoms with van der Waals surface area (Å²) in [6.07, 6.45) is 2.29. The Hall–Kier alpha value is -3.09. The number of hydrogen-bond acceptors (Lipinski definition) is 5. The van der Waals surface area contributed by atoms with E-state index in [1.165, 1.54) is 30.2 Å². The third kappa shape index (κ3) is 4.40. The predicted molar refractivity (Wildman–Crippen MR) is 118 cm³/mol. The van der Waals surface area contributed by atoms with E-state index in [-0.39, 0.29) is 17.1 Å². The summed E-state index contributed by atoms with van der Waals surface area (Å²) in [6.45, 7) is 6.02. The van der Waals surface area contributed by atoms with Crippen LogP contribution < -0.4 is 15.2 Å². The highest BCUT2D eigenvalue weighted by Gasteiger charge is 2.30. The third-order valence-electron chi connectivity index (χ3n) is 5.24. The smallest absolute Gasteiger partial charge is 0.344 e. The van der Waals surface area contributed by atoms with Crippen molar-refractivity contribution in [2.45, 2.75) is 39.7 Å². The largest absolute Gasteiger partial charge is 0.479 e. The van der Waals surface area contributed by atoms with Gasteiger partial charge in [-0.2, -0.15) is 5.10 Å². The normalized spacial score (nSPS) is 16.5. The van der Waals surface area contributed by atoms with Gasteiger partial charge in [-0.25, -0.2) is 4.79 Å². The average molecular weight is 404 g/mol. The molecule has 2 radical (unpaired) electrons. The number of carbonyl (C=O) groups excluding carboxylic acids is 1. The van der Waals surface area contributed by atoms with Crippen molar-refractivity contribution < 1.29 is 19.4 Å². The fourth-order valence-corrected chi connectivity index (χ4v) is 3.57. The van der Waals surface area contributed by atoms with Crippen LogP contribution in [0.15, 0.2) is 41.5 Å². The molecule has 2 aromatic carbocycles. The lowest BCUT2D eigenvalue weighted by Crippen LogP contribution is -2.28. The summed E-state index contributed by atoms with van der Waals surface area (Å²) >= 11 is 0. The maximum atomic E-state index is 13.3. The number of carboxylic acids is 1. The molecule has 3 rings (SSSR count). The van der Waals surface area contributed by atoms with Crippen LogP contribution in [0.25, 0.3) is 0 Å². The molecule has 1 aliphatic rings. The number of carbonyl (C=O) groups is 2. The van der Waals surface area contributed by atoms with E-state index in [0.717, 1.165) is 18.5 Å². The second-order valence-corrected chi connectivity index (χ2v) is 7.30. The number of nitrogens with zero attached hydrogens (tertiary/aromatic N) is 2. The summed E-state index contributed by atoms with van der Waals surface area (Å²) in [4.78, 5) is 24.4. The van der Waals surface area contributed by atoms with Gasteiger partial charge in [0.05, 0.1) is 23.7 Å². The van der Waals surface area contributed by atoms with Crippen molar-refractivity contribution in [3.63, 3.8) is 0 Å². The van der Waals surface area contributed by atoms with Crippen LogP contribution in [0.3, 0.4) is 0 Å². The number of rotatable bonds is 8. The van der Waals surface area contributed by atoms with Crippen LogP contribution in [-0.2, 0) is 17.6 Å². The maximum absolute atomic E-state index is 13.3. The Bertz CT molecular complexity index is 967. The minimum Gasteiger partial charge on any atom is -0.479 e. The Morgan fingerprint density at radius 1 is 1.23 bits per heavy atom. The molecular formula is C23H25BN2O4. The number of ketones is 1. The summed E-state index contributed by atoms with van der Waals surface area (Å²) in [6, 6.07) is 10.9. The van der Waals surface area contributed by atoms with Crippen LogP contribution in [0.1, 0.15) is 42.3 Å². The second kappa shape index (κ2) is 9.16. The van der Waals surface area contributed by atoms with E-state index in [2.05, 4.69) is 31.1 Å². The number of anilines is 1. The van der Waals surface area contributed by atoms with Crippen molar-refractivity contribution in [1.82, 2.24) is 0 Å². The molecule has 0 saturated carbocycles. The molecule has 1 aliphatic heterocycles. The number of ether oxygens (including phenoxy) is 1. The number of benzene rings is 2. The van der Waals surface area contributed by atoms with Crippen LogP contribution in [0.2, 0.25) is 0 Å². The molecule has 7 heteroatoms. The third-order valence-corrected chi connectivity index (χ3v) is 5.24. The number of hydrogen-bond donors (Lipinski definition) is 1. The molecule has 1 N–H and O–H groups in total. The quantitative estimate of drug-likeness (QED) is 0.541. The van der Waals surface area contributed by atoms with Crippen molar-refractivity contribution >= 4 is 37.0 Å². The van der Waals surface area contributed by atoms with Gasteiger partial charge in [-0.3, -0.25) is 9.80 Å².